The average molecular weight is 333 g/mol. The van der Waals surface area contributed by atoms with E-state index in [-0.39, 0.29) is 11.4 Å². The van der Waals surface area contributed by atoms with Gasteiger partial charge in [-0.2, -0.15) is 5.10 Å². The van der Waals surface area contributed by atoms with Crippen molar-refractivity contribution < 1.29 is 12.8 Å². The second kappa shape index (κ2) is 6.31. The number of nitrogens with one attached hydrogen (secondary N) is 1. The lowest BCUT2D eigenvalue weighted by Gasteiger charge is -2.02. The number of benzene rings is 1. The molecule has 1 N–H and O–H groups in total. The zero-order valence-electron chi connectivity index (χ0n) is 12.4. The minimum absolute atomic E-state index is 0.121. The van der Waals surface area contributed by atoms with Gasteiger partial charge in [0, 0.05) is 31.8 Å². The van der Waals surface area contributed by atoms with Crippen LogP contribution in [0.1, 0.15) is 5.89 Å². The van der Waals surface area contributed by atoms with E-state index in [1.807, 2.05) is 30.3 Å². The van der Waals surface area contributed by atoms with Gasteiger partial charge < -0.3 is 4.42 Å². The van der Waals surface area contributed by atoms with Crippen LogP contribution in [0.4, 0.5) is 0 Å². The Morgan fingerprint density at radius 1 is 1.22 bits per heavy atom. The average Bonchev–Trinajstić information content (AvgIpc) is 3.17. The van der Waals surface area contributed by atoms with E-state index < -0.39 is 10.0 Å². The third-order valence-electron chi connectivity index (χ3n) is 3.11. The van der Waals surface area contributed by atoms with Gasteiger partial charge >= 0.3 is 0 Å². The van der Waals surface area contributed by atoms with Crippen LogP contribution in [0.3, 0.4) is 0 Å². The Kier molecular flexibility index (Phi) is 4.22. The number of nitrogens with zero attached hydrogens (tertiary/aromatic N) is 4. The van der Waals surface area contributed by atoms with Crippen molar-refractivity contribution in [2.75, 3.05) is 6.54 Å². The number of hydrogen-bond donors (Lipinski definition) is 1. The highest BCUT2D eigenvalue weighted by molar-refractivity contribution is 7.89. The first-order valence-corrected chi connectivity index (χ1v) is 8.39. The minimum atomic E-state index is -3.58. The second-order valence-electron chi connectivity index (χ2n) is 4.86. The lowest BCUT2D eigenvalue weighted by molar-refractivity contribution is 0.502. The Morgan fingerprint density at radius 3 is 2.70 bits per heavy atom. The van der Waals surface area contributed by atoms with Crippen LogP contribution in [0.5, 0.6) is 0 Å². The Balaban J connectivity index is 1.60. The lowest BCUT2D eigenvalue weighted by Crippen LogP contribution is -2.25. The smallest absolute Gasteiger partial charge is 0.247 e. The van der Waals surface area contributed by atoms with Gasteiger partial charge in [-0.15, -0.1) is 10.2 Å². The van der Waals surface area contributed by atoms with E-state index in [0.717, 1.165) is 5.56 Å². The molecule has 0 saturated carbocycles. The maximum Gasteiger partial charge on any atom is 0.247 e. The van der Waals surface area contributed by atoms with Gasteiger partial charge in [0.25, 0.3) is 0 Å². The van der Waals surface area contributed by atoms with E-state index in [9.17, 15) is 8.42 Å². The highest BCUT2D eigenvalue weighted by Gasteiger charge is 2.16. The molecule has 3 rings (SSSR count). The highest BCUT2D eigenvalue weighted by Crippen LogP contribution is 2.17. The normalized spacial score (nSPS) is 11.7. The molecule has 0 spiro atoms. The predicted molar refractivity (Wildman–Crippen MR) is 81.8 cm³/mol. The summed E-state index contributed by atoms with van der Waals surface area (Å²) in [7, 11) is -1.92. The van der Waals surface area contributed by atoms with Crippen molar-refractivity contribution >= 4 is 10.0 Å². The van der Waals surface area contributed by atoms with Gasteiger partial charge in [0.2, 0.25) is 21.8 Å². The molecule has 0 unspecified atom stereocenters. The molecule has 2 aromatic heterocycles. The summed E-state index contributed by atoms with van der Waals surface area (Å²) in [4.78, 5) is 0.121. The molecule has 2 heterocycles. The molecule has 0 aliphatic rings. The third-order valence-corrected chi connectivity index (χ3v) is 4.53. The summed E-state index contributed by atoms with van der Waals surface area (Å²) < 4.78 is 33.5. The molecule has 0 saturated heterocycles. The second-order valence-corrected chi connectivity index (χ2v) is 6.63. The molecule has 0 aliphatic carbocycles. The zero-order chi connectivity index (χ0) is 16.3. The zero-order valence-corrected chi connectivity index (χ0v) is 13.2. The maximum atomic E-state index is 12.0. The van der Waals surface area contributed by atoms with Crippen molar-refractivity contribution in [3.05, 3.63) is 48.6 Å². The predicted octanol–water partition coefficient (Wildman–Crippen LogP) is 0.991. The SMILES string of the molecule is Cn1cc(S(=O)(=O)NCCc2nnc(-c3ccccc3)o2)cn1. The minimum Gasteiger partial charge on any atom is -0.421 e. The molecular formula is C14H15N5O3S. The molecule has 1 aromatic carbocycles. The van der Waals surface area contributed by atoms with Crippen molar-refractivity contribution in [2.24, 2.45) is 7.05 Å². The van der Waals surface area contributed by atoms with Crippen LogP contribution in [0, 0.1) is 0 Å². The van der Waals surface area contributed by atoms with Crippen LogP contribution in [-0.2, 0) is 23.5 Å². The van der Waals surface area contributed by atoms with Gasteiger partial charge in [0.05, 0.1) is 6.20 Å². The molecule has 0 amide bonds. The summed E-state index contributed by atoms with van der Waals surface area (Å²) in [5.41, 5.74) is 0.821. The molecule has 0 fully saturated rings. The fourth-order valence-electron chi connectivity index (χ4n) is 1.97. The van der Waals surface area contributed by atoms with Crippen LogP contribution in [-0.4, -0.2) is 34.9 Å². The lowest BCUT2D eigenvalue weighted by atomic mass is 10.2. The van der Waals surface area contributed by atoms with Crippen molar-refractivity contribution in [2.45, 2.75) is 11.3 Å². The van der Waals surface area contributed by atoms with E-state index in [1.165, 1.54) is 17.1 Å². The topological polar surface area (TPSA) is 103 Å². The maximum absolute atomic E-state index is 12.0. The van der Waals surface area contributed by atoms with Gasteiger partial charge in [-0.25, -0.2) is 13.1 Å². The summed E-state index contributed by atoms with van der Waals surface area (Å²) in [5.74, 6) is 0.786. The van der Waals surface area contributed by atoms with Crippen molar-refractivity contribution in [3.8, 4) is 11.5 Å². The summed E-state index contributed by atoms with van der Waals surface area (Å²) in [6.45, 7) is 0.160. The molecule has 0 aliphatic heterocycles. The Morgan fingerprint density at radius 2 is 2.00 bits per heavy atom. The van der Waals surface area contributed by atoms with Crippen LogP contribution in [0.15, 0.2) is 52.0 Å². The quantitative estimate of drug-likeness (QED) is 0.721. The first kappa shape index (κ1) is 15.4. The van der Waals surface area contributed by atoms with Gasteiger partial charge in [0.1, 0.15) is 4.90 Å². The number of aryl methyl sites for hydroxylation is 1. The number of aromatic nitrogens is 4. The number of hydrogen-bond acceptors (Lipinski definition) is 6. The van der Waals surface area contributed by atoms with Crippen LogP contribution in [0.25, 0.3) is 11.5 Å². The van der Waals surface area contributed by atoms with Crippen molar-refractivity contribution in [1.82, 2.24) is 24.7 Å². The monoisotopic (exact) mass is 333 g/mol. The Bertz CT molecular complexity index is 886. The first-order chi connectivity index (χ1) is 11.0. The summed E-state index contributed by atoms with van der Waals surface area (Å²) in [6.07, 6.45) is 3.03. The van der Waals surface area contributed by atoms with Gasteiger partial charge in [-0.1, -0.05) is 18.2 Å². The number of sulfonamides is 1. The summed E-state index contributed by atoms with van der Waals surface area (Å²) >= 11 is 0. The molecule has 23 heavy (non-hydrogen) atoms. The highest BCUT2D eigenvalue weighted by atomic mass is 32.2. The standard InChI is InChI=1S/C14H15N5O3S/c1-19-10-12(9-15-19)23(20,21)16-8-7-13-17-18-14(22-13)11-5-3-2-4-6-11/h2-6,9-10,16H,7-8H2,1H3. The van der Waals surface area contributed by atoms with Gasteiger partial charge in [-0.3, -0.25) is 4.68 Å². The van der Waals surface area contributed by atoms with Crippen LogP contribution in [0.2, 0.25) is 0 Å². The molecule has 120 valence electrons. The molecule has 0 radical (unpaired) electrons. The van der Waals surface area contributed by atoms with Crippen LogP contribution >= 0.6 is 0 Å². The molecule has 3 aromatic rings. The fraction of sp³-hybridized carbons (Fsp3) is 0.214. The fourth-order valence-corrected chi connectivity index (χ4v) is 2.98. The molecule has 8 nitrogen and oxygen atoms in total. The van der Waals surface area contributed by atoms with Crippen molar-refractivity contribution in [1.29, 1.82) is 0 Å². The molecule has 0 atom stereocenters. The van der Waals surface area contributed by atoms with Gasteiger partial charge in [-0.05, 0) is 12.1 Å². The van der Waals surface area contributed by atoms with Gasteiger partial charge in [0.15, 0.2) is 0 Å². The largest absolute Gasteiger partial charge is 0.421 e. The first-order valence-electron chi connectivity index (χ1n) is 6.91. The Labute approximate surface area is 133 Å². The molecule has 0 bridgehead atoms. The van der Waals surface area contributed by atoms with E-state index in [1.54, 1.807) is 7.05 Å². The number of rotatable bonds is 6. The summed E-state index contributed by atoms with van der Waals surface area (Å²) in [6, 6.07) is 9.38. The Hall–Kier alpha value is -2.52. The molecule has 9 heteroatoms. The van der Waals surface area contributed by atoms with E-state index in [4.69, 9.17) is 4.42 Å². The van der Waals surface area contributed by atoms with E-state index >= 15 is 0 Å². The van der Waals surface area contributed by atoms with E-state index in [2.05, 4.69) is 20.0 Å². The third kappa shape index (κ3) is 3.63. The van der Waals surface area contributed by atoms with E-state index in [0.29, 0.717) is 18.2 Å². The van der Waals surface area contributed by atoms with Crippen LogP contribution < -0.4 is 4.72 Å². The summed E-state index contributed by atoms with van der Waals surface area (Å²) in [5, 5.41) is 11.7. The van der Waals surface area contributed by atoms with Crippen molar-refractivity contribution in [3.63, 3.8) is 0 Å². The molecular weight excluding hydrogens is 318 g/mol.